The smallest absolute Gasteiger partial charge is 0.131 e. The van der Waals surface area contributed by atoms with Crippen LogP contribution in [0.4, 0.5) is 10.1 Å². The molecule has 0 saturated heterocycles. The Morgan fingerprint density at radius 1 is 1.25 bits per heavy atom. The molecule has 0 unspecified atom stereocenters. The summed E-state index contributed by atoms with van der Waals surface area (Å²) in [5.74, 6) is -0.240. The number of rotatable bonds is 1. The Morgan fingerprint density at radius 2 is 2.00 bits per heavy atom. The number of aryl methyl sites for hydroxylation is 2. The average molecular weight is 216 g/mol. The number of aromatic nitrogens is 1. The quantitative estimate of drug-likeness (QED) is 0.795. The normalized spacial score (nSPS) is 10.4. The lowest BCUT2D eigenvalue weighted by Gasteiger charge is -2.10. The van der Waals surface area contributed by atoms with Gasteiger partial charge in [-0.15, -0.1) is 0 Å². The maximum Gasteiger partial charge on any atom is 0.131 e. The van der Waals surface area contributed by atoms with Gasteiger partial charge in [0.05, 0.1) is 11.9 Å². The zero-order valence-corrected chi connectivity index (χ0v) is 9.29. The fourth-order valence-corrected chi connectivity index (χ4v) is 1.89. The highest BCUT2D eigenvalue weighted by Crippen LogP contribution is 2.31. The number of benzene rings is 1. The molecule has 3 heteroatoms. The summed E-state index contributed by atoms with van der Waals surface area (Å²) in [6.07, 6.45) is 3.15. The molecule has 16 heavy (non-hydrogen) atoms. The monoisotopic (exact) mass is 216 g/mol. The Bertz CT molecular complexity index is 512. The first-order valence-corrected chi connectivity index (χ1v) is 5.06. The van der Waals surface area contributed by atoms with Crippen LogP contribution in [0.3, 0.4) is 0 Å². The minimum absolute atomic E-state index is 0.240. The molecule has 2 N–H and O–H groups in total. The Hall–Kier alpha value is -1.90. The molecular weight excluding hydrogens is 203 g/mol. The Morgan fingerprint density at radius 3 is 2.62 bits per heavy atom. The van der Waals surface area contributed by atoms with Crippen molar-refractivity contribution in [3.05, 3.63) is 47.5 Å². The molecule has 1 heterocycles. The fourth-order valence-electron chi connectivity index (χ4n) is 1.89. The number of hydrogen-bond acceptors (Lipinski definition) is 2. The van der Waals surface area contributed by atoms with E-state index in [1.54, 1.807) is 12.3 Å². The van der Waals surface area contributed by atoms with Gasteiger partial charge in [0.1, 0.15) is 5.82 Å². The molecule has 0 aliphatic heterocycles. The third-order valence-electron chi connectivity index (χ3n) is 2.55. The predicted octanol–water partition coefficient (Wildman–Crippen LogP) is 3.09. The van der Waals surface area contributed by atoms with Gasteiger partial charge in [-0.3, -0.25) is 4.98 Å². The van der Waals surface area contributed by atoms with Gasteiger partial charge in [-0.1, -0.05) is 6.07 Å². The minimum Gasteiger partial charge on any atom is -0.397 e. The molecule has 0 amide bonds. The van der Waals surface area contributed by atoms with Crippen molar-refractivity contribution in [2.24, 2.45) is 0 Å². The van der Waals surface area contributed by atoms with E-state index in [0.717, 1.165) is 11.1 Å². The summed E-state index contributed by atoms with van der Waals surface area (Å²) in [6.45, 7) is 3.75. The van der Waals surface area contributed by atoms with Gasteiger partial charge < -0.3 is 5.73 Å². The standard InChI is InChI=1S/C13H13FN2/c1-8-5-9(2)13(11(14)6-8)10-3-4-16-7-12(10)15/h3-7H,15H2,1-2H3. The molecule has 0 fully saturated rings. The summed E-state index contributed by atoms with van der Waals surface area (Å²) in [6, 6.07) is 5.19. The van der Waals surface area contributed by atoms with Crippen molar-refractivity contribution < 1.29 is 4.39 Å². The van der Waals surface area contributed by atoms with Gasteiger partial charge in [-0.25, -0.2) is 4.39 Å². The van der Waals surface area contributed by atoms with Gasteiger partial charge in [-0.2, -0.15) is 0 Å². The molecular formula is C13H13FN2. The van der Waals surface area contributed by atoms with E-state index in [4.69, 9.17) is 5.73 Å². The molecule has 2 aromatic rings. The summed E-state index contributed by atoms with van der Waals surface area (Å²) >= 11 is 0. The SMILES string of the molecule is Cc1cc(C)c(-c2ccncc2N)c(F)c1. The van der Waals surface area contributed by atoms with E-state index in [1.807, 2.05) is 19.9 Å². The van der Waals surface area contributed by atoms with Crippen LogP contribution in [0.1, 0.15) is 11.1 Å². The largest absolute Gasteiger partial charge is 0.397 e. The Balaban J connectivity index is 2.70. The molecule has 82 valence electrons. The van der Waals surface area contributed by atoms with E-state index in [2.05, 4.69) is 4.98 Å². The van der Waals surface area contributed by atoms with E-state index in [1.165, 1.54) is 12.3 Å². The maximum atomic E-state index is 13.9. The Labute approximate surface area is 93.9 Å². The molecule has 0 aliphatic rings. The molecule has 0 saturated carbocycles. The number of pyridine rings is 1. The second-order valence-electron chi connectivity index (χ2n) is 3.90. The summed E-state index contributed by atoms with van der Waals surface area (Å²) in [4.78, 5) is 3.90. The number of halogens is 1. The van der Waals surface area contributed by atoms with Crippen molar-refractivity contribution in [3.8, 4) is 11.1 Å². The van der Waals surface area contributed by atoms with E-state index in [-0.39, 0.29) is 5.82 Å². The van der Waals surface area contributed by atoms with Crippen LogP contribution in [0.5, 0.6) is 0 Å². The summed E-state index contributed by atoms with van der Waals surface area (Å²) in [5.41, 5.74) is 9.35. The number of nitrogens with two attached hydrogens (primary N) is 1. The van der Waals surface area contributed by atoms with E-state index < -0.39 is 0 Å². The van der Waals surface area contributed by atoms with Crippen LogP contribution in [0.2, 0.25) is 0 Å². The zero-order valence-electron chi connectivity index (χ0n) is 9.29. The summed E-state index contributed by atoms with van der Waals surface area (Å²) in [5, 5.41) is 0. The van der Waals surface area contributed by atoms with Gasteiger partial charge in [0.25, 0.3) is 0 Å². The number of nitrogens with zero attached hydrogens (tertiary/aromatic N) is 1. The van der Waals surface area contributed by atoms with Gasteiger partial charge in [0, 0.05) is 17.3 Å². The molecule has 1 aromatic carbocycles. The van der Waals surface area contributed by atoms with Crippen molar-refractivity contribution in [3.63, 3.8) is 0 Å². The van der Waals surface area contributed by atoms with Gasteiger partial charge >= 0.3 is 0 Å². The second kappa shape index (κ2) is 3.93. The van der Waals surface area contributed by atoms with Gasteiger partial charge in [0.15, 0.2) is 0 Å². The highest BCUT2D eigenvalue weighted by Gasteiger charge is 2.11. The van der Waals surface area contributed by atoms with E-state index in [9.17, 15) is 4.39 Å². The molecule has 0 aliphatic carbocycles. The molecule has 2 rings (SSSR count). The average Bonchev–Trinajstić information content (AvgIpc) is 2.19. The molecule has 1 aromatic heterocycles. The van der Waals surface area contributed by atoms with E-state index in [0.29, 0.717) is 16.8 Å². The fraction of sp³-hybridized carbons (Fsp3) is 0.154. The van der Waals surface area contributed by atoms with Crippen molar-refractivity contribution in [2.45, 2.75) is 13.8 Å². The van der Waals surface area contributed by atoms with Gasteiger partial charge in [-0.05, 0) is 37.1 Å². The Kier molecular flexibility index (Phi) is 2.60. The van der Waals surface area contributed by atoms with Gasteiger partial charge in [0.2, 0.25) is 0 Å². The number of hydrogen-bond donors (Lipinski definition) is 1. The highest BCUT2D eigenvalue weighted by atomic mass is 19.1. The number of nitrogen functional groups attached to an aromatic ring is 1. The lowest BCUT2D eigenvalue weighted by Crippen LogP contribution is -1.96. The molecule has 0 atom stereocenters. The summed E-state index contributed by atoms with van der Waals surface area (Å²) in [7, 11) is 0. The van der Waals surface area contributed by atoms with Crippen LogP contribution in [-0.4, -0.2) is 4.98 Å². The molecule has 0 spiro atoms. The van der Waals surface area contributed by atoms with Crippen molar-refractivity contribution in [1.82, 2.24) is 4.98 Å². The third-order valence-corrected chi connectivity index (χ3v) is 2.55. The van der Waals surface area contributed by atoms with E-state index >= 15 is 0 Å². The maximum absolute atomic E-state index is 13.9. The molecule has 0 radical (unpaired) electrons. The van der Waals surface area contributed by atoms with Crippen molar-refractivity contribution in [1.29, 1.82) is 0 Å². The predicted molar refractivity (Wildman–Crippen MR) is 63.5 cm³/mol. The van der Waals surface area contributed by atoms with Crippen LogP contribution in [-0.2, 0) is 0 Å². The van der Waals surface area contributed by atoms with Crippen LogP contribution < -0.4 is 5.73 Å². The first kappa shape index (κ1) is 10.6. The van der Waals surface area contributed by atoms with Crippen LogP contribution in [0.15, 0.2) is 30.6 Å². The summed E-state index contributed by atoms with van der Waals surface area (Å²) < 4.78 is 13.9. The minimum atomic E-state index is -0.240. The zero-order chi connectivity index (χ0) is 11.7. The van der Waals surface area contributed by atoms with Crippen molar-refractivity contribution in [2.75, 3.05) is 5.73 Å². The lowest BCUT2D eigenvalue weighted by molar-refractivity contribution is 0.629. The van der Waals surface area contributed by atoms with Crippen LogP contribution >= 0.6 is 0 Å². The first-order chi connectivity index (χ1) is 7.59. The highest BCUT2D eigenvalue weighted by molar-refractivity contribution is 5.78. The second-order valence-corrected chi connectivity index (χ2v) is 3.90. The first-order valence-electron chi connectivity index (χ1n) is 5.06. The van der Waals surface area contributed by atoms with Crippen molar-refractivity contribution >= 4 is 5.69 Å². The van der Waals surface area contributed by atoms with Crippen LogP contribution in [0.25, 0.3) is 11.1 Å². The lowest BCUT2D eigenvalue weighted by atomic mass is 9.98. The van der Waals surface area contributed by atoms with Crippen LogP contribution in [0, 0.1) is 19.7 Å². The molecule has 2 nitrogen and oxygen atoms in total. The molecule has 0 bridgehead atoms. The third kappa shape index (κ3) is 1.76. The number of anilines is 1. The topological polar surface area (TPSA) is 38.9 Å².